The molecular formula is C16H22N4O. The monoisotopic (exact) mass is 286 g/mol. The largest absolute Gasteiger partial charge is 0.396 e. The van der Waals surface area contributed by atoms with E-state index < -0.39 is 0 Å². The number of hydrogen-bond donors (Lipinski definition) is 1. The van der Waals surface area contributed by atoms with Gasteiger partial charge >= 0.3 is 0 Å². The number of nitrogens with zero attached hydrogens (tertiary/aromatic N) is 3. The molecule has 112 valence electrons. The van der Waals surface area contributed by atoms with E-state index in [-0.39, 0.29) is 18.5 Å². The Morgan fingerprint density at radius 1 is 1.38 bits per heavy atom. The molecule has 1 amide bonds. The van der Waals surface area contributed by atoms with Gasteiger partial charge in [-0.1, -0.05) is 37.3 Å². The number of rotatable bonds is 6. The molecule has 1 heterocycles. The number of aromatic nitrogens is 2. The van der Waals surface area contributed by atoms with Gasteiger partial charge < -0.3 is 10.6 Å². The fourth-order valence-electron chi connectivity index (χ4n) is 2.19. The van der Waals surface area contributed by atoms with E-state index in [1.807, 2.05) is 35.2 Å². The molecule has 0 aliphatic rings. The molecule has 0 saturated heterocycles. The van der Waals surface area contributed by atoms with Crippen LogP contribution in [0.4, 0.5) is 5.69 Å². The van der Waals surface area contributed by atoms with Crippen LogP contribution in [0, 0.1) is 0 Å². The fourth-order valence-corrected chi connectivity index (χ4v) is 2.19. The Hall–Kier alpha value is -2.30. The quantitative estimate of drug-likeness (QED) is 0.886. The van der Waals surface area contributed by atoms with Gasteiger partial charge in [-0.15, -0.1) is 0 Å². The van der Waals surface area contributed by atoms with E-state index in [0.717, 1.165) is 12.0 Å². The fraction of sp³-hybridized carbons (Fsp3) is 0.375. The molecule has 2 rings (SSSR count). The highest BCUT2D eigenvalue weighted by molar-refractivity contribution is 5.76. The zero-order chi connectivity index (χ0) is 15.2. The summed E-state index contributed by atoms with van der Waals surface area (Å²) in [5.74, 6) is 0.0521. The summed E-state index contributed by atoms with van der Waals surface area (Å²) in [5, 5.41) is 4.07. The Morgan fingerprint density at radius 2 is 2.10 bits per heavy atom. The number of benzene rings is 1. The van der Waals surface area contributed by atoms with Gasteiger partial charge in [-0.25, -0.2) is 0 Å². The summed E-state index contributed by atoms with van der Waals surface area (Å²) in [6.45, 7) is 4.99. The van der Waals surface area contributed by atoms with Crippen molar-refractivity contribution in [2.24, 2.45) is 0 Å². The van der Waals surface area contributed by atoms with Crippen molar-refractivity contribution in [3.8, 4) is 0 Å². The van der Waals surface area contributed by atoms with E-state index in [1.165, 1.54) is 0 Å². The van der Waals surface area contributed by atoms with E-state index in [2.05, 4.69) is 18.9 Å². The average molecular weight is 286 g/mol. The topological polar surface area (TPSA) is 64.2 Å². The molecule has 0 bridgehead atoms. The number of amides is 1. The molecule has 0 spiro atoms. The number of anilines is 1. The van der Waals surface area contributed by atoms with Gasteiger partial charge in [0.1, 0.15) is 6.54 Å². The normalized spacial score (nSPS) is 12.1. The smallest absolute Gasteiger partial charge is 0.244 e. The molecule has 5 heteroatoms. The highest BCUT2D eigenvalue weighted by atomic mass is 16.2. The summed E-state index contributed by atoms with van der Waals surface area (Å²) in [6, 6.07) is 10.2. The van der Waals surface area contributed by atoms with Gasteiger partial charge in [0.05, 0.1) is 11.9 Å². The highest BCUT2D eigenvalue weighted by Gasteiger charge is 2.19. The lowest BCUT2D eigenvalue weighted by molar-refractivity contribution is -0.134. The van der Waals surface area contributed by atoms with Gasteiger partial charge in [0.15, 0.2) is 0 Å². The first-order valence-corrected chi connectivity index (χ1v) is 7.21. The maximum Gasteiger partial charge on any atom is 0.244 e. The first-order chi connectivity index (χ1) is 10.1. The van der Waals surface area contributed by atoms with E-state index in [1.54, 1.807) is 17.1 Å². The second-order valence-electron chi connectivity index (χ2n) is 5.24. The Kier molecular flexibility index (Phi) is 4.98. The van der Waals surface area contributed by atoms with Crippen LogP contribution in [-0.2, 0) is 17.9 Å². The SMILES string of the molecule is CCC(C)N(Cc1ccccc1)C(=O)Cn1cc(N)cn1. The Morgan fingerprint density at radius 3 is 2.67 bits per heavy atom. The molecule has 2 aromatic rings. The third kappa shape index (κ3) is 4.08. The molecule has 21 heavy (non-hydrogen) atoms. The molecule has 5 nitrogen and oxygen atoms in total. The van der Waals surface area contributed by atoms with Crippen LogP contribution in [0.15, 0.2) is 42.7 Å². The Bertz CT molecular complexity index is 579. The van der Waals surface area contributed by atoms with Crippen LogP contribution in [-0.4, -0.2) is 26.6 Å². The van der Waals surface area contributed by atoms with Gasteiger partial charge in [-0.3, -0.25) is 9.48 Å². The molecule has 1 unspecified atom stereocenters. The van der Waals surface area contributed by atoms with Crippen molar-refractivity contribution in [1.82, 2.24) is 14.7 Å². The number of carbonyl (C=O) groups is 1. The summed E-state index contributed by atoms with van der Waals surface area (Å²) in [4.78, 5) is 14.4. The summed E-state index contributed by atoms with van der Waals surface area (Å²) >= 11 is 0. The van der Waals surface area contributed by atoms with Crippen LogP contribution in [0.1, 0.15) is 25.8 Å². The molecule has 1 aromatic carbocycles. The van der Waals surface area contributed by atoms with Crippen molar-refractivity contribution in [1.29, 1.82) is 0 Å². The second kappa shape index (κ2) is 6.92. The highest BCUT2D eigenvalue weighted by Crippen LogP contribution is 2.12. The number of hydrogen-bond acceptors (Lipinski definition) is 3. The minimum Gasteiger partial charge on any atom is -0.396 e. The number of carbonyl (C=O) groups excluding carboxylic acids is 1. The summed E-state index contributed by atoms with van der Waals surface area (Å²) in [7, 11) is 0. The molecule has 0 fully saturated rings. The zero-order valence-corrected chi connectivity index (χ0v) is 12.6. The minimum absolute atomic E-state index is 0.0521. The zero-order valence-electron chi connectivity index (χ0n) is 12.6. The van der Waals surface area contributed by atoms with Crippen LogP contribution < -0.4 is 5.73 Å². The maximum atomic E-state index is 12.6. The lowest BCUT2D eigenvalue weighted by Crippen LogP contribution is -2.39. The van der Waals surface area contributed by atoms with E-state index in [4.69, 9.17) is 5.73 Å². The van der Waals surface area contributed by atoms with Crippen LogP contribution in [0.5, 0.6) is 0 Å². The molecule has 0 aliphatic carbocycles. The standard InChI is InChI=1S/C16H22N4O/c1-3-13(2)20(10-14-7-5-4-6-8-14)16(21)12-19-11-15(17)9-18-19/h4-9,11,13H,3,10,12,17H2,1-2H3. The lowest BCUT2D eigenvalue weighted by Gasteiger charge is -2.28. The summed E-state index contributed by atoms with van der Waals surface area (Å²) in [5.41, 5.74) is 7.33. The second-order valence-corrected chi connectivity index (χ2v) is 5.24. The number of nitrogens with two attached hydrogens (primary N) is 1. The molecular weight excluding hydrogens is 264 g/mol. The van der Waals surface area contributed by atoms with Crippen molar-refractivity contribution < 1.29 is 4.79 Å². The van der Waals surface area contributed by atoms with E-state index in [0.29, 0.717) is 12.2 Å². The van der Waals surface area contributed by atoms with Crippen molar-refractivity contribution in [3.63, 3.8) is 0 Å². The molecule has 0 radical (unpaired) electrons. The van der Waals surface area contributed by atoms with Gasteiger partial charge in [0.25, 0.3) is 0 Å². The molecule has 1 atom stereocenters. The van der Waals surface area contributed by atoms with Crippen molar-refractivity contribution in [2.75, 3.05) is 5.73 Å². The summed E-state index contributed by atoms with van der Waals surface area (Å²) < 4.78 is 1.58. The molecule has 0 aliphatic heterocycles. The van der Waals surface area contributed by atoms with Gasteiger partial charge in [-0.2, -0.15) is 5.10 Å². The van der Waals surface area contributed by atoms with Crippen molar-refractivity contribution in [3.05, 3.63) is 48.3 Å². The predicted octanol–water partition coefficient (Wildman–Crippen LogP) is 2.29. The van der Waals surface area contributed by atoms with Gasteiger partial charge in [-0.05, 0) is 18.9 Å². The Labute approximate surface area is 125 Å². The molecule has 1 aromatic heterocycles. The lowest BCUT2D eigenvalue weighted by atomic mass is 10.1. The Balaban J connectivity index is 2.10. The number of nitrogen functional groups attached to an aromatic ring is 1. The average Bonchev–Trinajstić information content (AvgIpc) is 2.90. The van der Waals surface area contributed by atoms with Crippen LogP contribution >= 0.6 is 0 Å². The third-order valence-corrected chi connectivity index (χ3v) is 3.59. The van der Waals surface area contributed by atoms with E-state index in [9.17, 15) is 4.79 Å². The van der Waals surface area contributed by atoms with Crippen LogP contribution in [0.2, 0.25) is 0 Å². The van der Waals surface area contributed by atoms with Gasteiger partial charge in [0.2, 0.25) is 5.91 Å². The minimum atomic E-state index is 0.0521. The maximum absolute atomic E-state index is 12.6. The van der Waals surface area contributed by atoms with Crippen molar-refractivity contribution in [2.45, 2.75) is 39.4 Å². The van der Waals surface area contributed by atoms with Gasteiger partial charge in [0, 0.05) is 18.8 Å². The van der Waals surface area contributed by atoms with Crippen LogP contribution in [0.25, 0.3) is 0 Å². The van der Waals surface area contributed by atoms with Crippen molar-refractivity contribution >= 4 is 11.6 Å². The third-order valence-electron chi connectivity index (χ3n) is 3.59. The predicted molar refractivity (Wildman–Crippen MR) is 83.4 cm³/mol. The molecule has 0 saturated carbocycles. The first-order valence-electron chi connectivity index (χ1n) is 7.21. The van der Waals surface area contributed by atoms with E-state index >= 15 is 0 Å². The first kappa shape index (κ1) is 15.1. The van der Waals surface area contributed by atoms with Crippen LogP contribution in [0.3, 0.4) is 0 Å². The summed E-state index contributed by atoms with van der Waals surface area (Å²) in [6.07, 6.45) is 4.15. The molecule has 2 N–H and O–H groups in total.